The number of aromatic nitrogens is 12. The van der Waals surface area contributed by atoms with E-state index in [1.54, 1.807) is 57.4 Å². The zero-order valence-electron chi connectivity index (χ0n) is 74.4. The number of phosphoric acid groups is 2. The summed E-state index contributed by atoms with van der Waals surface area (Å²) in [6.45, 7) is 6.73. The number of unbranched alkanes of at least 4 members (excludes halogenated alkanes) is 4. The van der Waals surface area contributed by atoms with Crippen molar-refractivity contribution in [3.8, 4) is 0 Å². The number of hydrogen-bond donors (Lipinski definition) is 17. The van der Waals surface area contributed by atoms with Gasteiger partial charge in [-0.3, -0.25) is 42.3 Å². The molecule has 0 radical (unpaired) electrons. The summed E-state index contributed by atoms with van der Waals surface area (Å²) >= 11 is 0. The first kappa shape index (κ1) is 109. The smallest absolute Gasteiger partial charge is 0.394 e. The number of rotatable bonds is 63. The van der Waals surface area contributed by atoms with Crippen molar-refractivity contribution in [2.24, 2.45) is 11.8 Å². The SMILES string of the molecule is COP(=O)(O)OC[C@H]1OCC[C@H]1OP(=O)(O)OCCCCCCNC(=O)[C@H](CCCCN(Cc1cn(CCOCCC[C@@H]2O[C@H](CO)[C@H](O)[C@H](O)[C@H]2NC(C)=O)nn1)Cc1cn(CCOCCO[C@@H]2O[C@H](CO)[C@H](O)[C@H](O)[C@H]2NC(C)=O)nn1)N(Cc1cn(CCOCCO[C@@H]2O[C@H](CO)[C@H](O)[C@H](O)[C@H]2C)nn1)Cc1cn(CCOCCO[C@@H]2O[C@H](CO)[C@H](O)[C@H](O)[C@H]2C)nn1. The number of aliphatic hydroxyl groups is 12. The van der Waals surface area contributed by atoms with Crippen LogP contribution >= 0.6 is 15.6 Å². The Hall–Kier alpha value is -5.85. The first-order valence-electron chi connectivity index (χ1n) is 44.2. The van der Waals surface area contributed by atoms with Crippen LogP contribution in [0.15, 0.2) is 24.8 Å². The lowest BCUT2D eigenvalue weighted by Crippen LogP contribution is -2.64. The number of carbonyl (C=O) groups is 3. The minimum Gasteiger partial charge on any atom is -0.394 e. The second kappa shape index (κ2) is 56.1. The standard InChI is InChI=1S/C77H135N17O35P2/c1-48-66(101)68(103)60(44-96)126-75(48)120-32-29-116-27-20-93-41-54(83-87-93)37-90(38-55-42-94(88-84-55)21-28-117-30-33-121-76-49(2)67(102)69(104)61(45-97)127-76)56(74(109)78-16-9-6-7-11-23-123-131(112,113)129-57-15-24-119-63(57)47-124-130(110,111)114-5)13-8-10-17-89(35-52-39-91(85-81-52)18-25-115-22-12-14-58-64(79-50(3)99)72(107)70(105)59(43-95)125-58)36-53-40-92(86-82-53)19-26-118-31-34-122-77-65(80-51(4)100)73(108)71(106)62(46-98)128-77/h39-42,48-49,56-73,75-77,95-98,101-108H,6-38,43-47H2,1-5H3,(H,78,109)(H,79,99)(H,80,100)(H,110,111)(H,112,113)/t48-,49-,56+,57-,58+,59-,60-,61-,62-,63-,64+,65-,66-,67-,68+,69+,70+,71+,72-,73-,75-,76-,77-/m1/s1. The molecule has 0 bridgehead atoms. The number of hydrogen-bond acceptors (Lipinski definition) is 43. The van der Waals surface area contributed by atoms with Gasteiger partial charge in [-0.2, -0.15) is 0 Å². The van der Waals surface area contributed by atoms with Crippen LogP contribution in [0.4, 0.5) is 0 Å². The summed E-state index contributed by atoms with van der Waals surface area (Å²) in [6.07, 6.45) is -9.63. The molecule has 0 aliphatic carbocycles. The quantitative estimate of drug-likeness (QED) is 0.0145. The highest BCUT2D eigenvalue weighted by Gasteiger charge is 2.48. The molecule has 748 valence electrons. The van der Waals surface area contributed by atoms with Gasteiger partial charge in [0.15, 0.2) is 18.9 Å². The van der Waals surface area contributed by atoms with Gasteiger partial charge in [0.2, 0.25) is 17.7 Å². The van der Waals surface area contributed by atoms with E-state index in [1.165, 1.54) is 13.8 Å². The maximum Gasteiger partial charge on any atom is 0.472 e. The van der Waals surface area contributed by atoms with Crippen molar-refractivity contribution < 1.29 is 170 Å². The molecule has 4 aromatic heterocycles. The molecule has 17 N–H and O–H groups in total. The third-order valence-corrected chi connectivity index (χ3v) is 24.6. The van der Waals surface area contributed by atoms with Crippen LogP contribution in [0.3, 0.4) is 0 Å². The van der Waals surface area contributed by atoms with E-state index >= 15 is 4.79 Å². The predicted molar refractivity (Wildman–Crippen MR) is 445 cm³/mol. The number of amides is 3. The molecule has 131 heavy (non-hydrogen) atoms. The normalized spacial score (nSPS) is 29.0. The van der Waals surface area contributed by atoms with Gasteiger partial charge >= 0.3 is 15.6 Å². The summed E-state index contributed by atoms with van der Waals surface area (Å²) in [6, 6.07) is -2.93. The molecule has 9 rings (SSSR count). The molecule has 4 aromatic rings. The lowest BCUT2D eigenvalue weighted by Gasteiger charge is -2.42. The number of phosphoric ester groups is 2. The van der Waals surface area contributed by atoms with Crippen molar-refractivity contribution in [2.45, 2.75) is 273 Å². The maximum atomic E-state index is 15.2. The van der Waals surface area contributed by atoms with E-state index in [0.717, 1.165) is 7.11 Å². The lowest BCUT2D eigenvalue weighted by molar-refractivity contribution is -0.284. The van der Waals surface area contributed by atoms with Crippen LogP contribution in [0.1, 0.15) is 115 Å². The Morgan fingerprint density at radius 2 is 0.916 bits per heavy atom. The third-order valence-electron chi connectivity index (χ3n) is 22.7. The first-order chi connectivity index (χ1) is 62.9. The topological polar surface area (TPSA) is 682 Å². The Morgan fingerprint density at radius 1 is 0.481 bits per heavy atom. The zero-order chi connectivity index (χ0) is 94.6. The number of aliphatic hydroxyl groups excluding tert-OH is 12. The van der Waals surface area contributed by atoms with Crippen LogP contribution in [0, 0.1) is 11.8 Å². The van der Waals surface area contributed by atoms with Gasteiger partial charge in [0, 0.05) is 110 Å². The van der Waals surface area contributed by atoms with E-state index < -0.39 is 201 Å². The van der Waals surface area contributed by atoms with Gasteiger partial charge in [0.1, 0.15) is 79.3 Å². The van der Waals surface area contributed by atoms with Crippen LogP contribution in [-0.2, 0) is 151 Å². The summed E-state index contributed by atoms with van der Waals surface area (Å²) in [5.74, 6) is -2.48. The van der Waals surface area contributed by atoms with Gasteiger partial charge in [0.25, 0.3) is 0 Å². The van der Waals surface area contributed by atoms with E-state index in [4.69, 9.17) is 70.4 Å². The molecule has 54 heteroatoms. The third kappa shape index (κ3) is 35.3. The molecule has 3 amide bonds. The van der Waals surface area contributed by atoms with E-state index in [-0.39, 0.29) is 157 Å². The second-order valence-corrected chi connectivity index (χ2v) is 35.7. The van der Waals surface area contributed by atoms with Crippen LogP contribution in [0.2, 0.25) is 0 Å². The molecule has 5 saturated heterocycles. The highest BCUT2D eigenvalue weighted by atomic mass is 31.2. The van der Waals surface area contributed by atoms with Crippen LogP contribution in [0.5, 0.6) is 0 Å². The molecule has 5 aliphatic rings. The Balaban J connectivity index is 0.882. The van der Waals surface area contributed by atoms with Crippen molar-refractivity contribution in [2.75, 3.05) is 139 Å². The Kier molecular flexibility index (Phi) is 46.6. The maximum absolute atomic E-state index is 15.2. The van der Waals surface area contributed by atoms with Crippen molar-refractivity contribution >= 4 is 33.4 Å². The molecular formula is C77H135N17O35P2. The summed E-state index contributed by atoms with van der Waals surface area (Å²) < 4.78 is 121. The van der Waals surface area contributed by atoms with Gasteiger partial charge < -0.3 is 144 Å². The largest absolute Gasteiger partial charge is 0.472 e. The molecular weight excluding hydrogens is 1780 g/mol. The number of carbonyl (C=O) groups excluding carboxylic acids is 3. The van der Waals surface area contributed by atoms with Crippen LogP contribution in [-0.4, -0.2) is 426 Å². The molecule has 52 nitrogen and oxygen atoms in total. The number of nitrogens with zero attached hydrogens (tertiary/aromatic N) is 14. The highest BCUT2D eigenvalue weighted by Crippen LogP contribution is 2.48. The second-order valence-electron chi connectivity index (χ2n) is 32.7. The van der Waals surface area contributed by atoms with Crippen LogP contribution < -0.4 is 16.0 Å². The molecule has 5 aliphatic heterocycles. The fraction of sp³-hybridized carbons (Fsp3) is 0.857. The Morgan fingerprint density at radius 3 is 1.40 bits per heavy atom. The minimum atomic E-state index is -4.63. The first-order valence-corrected chi connectivity index (χ1v) is 47.2. The summed E-state index contributed by atoms with van der Waals surface area (Å²) in [5, 5.41) is 167. The fourth-order valence-electron chi connectivity index (χ4n) is 15.4. The summed E-state index contributed by atoms with van der Waals surface area (Å²) in [7, 11) is -8.01. The molecule has 25 atom stereocenters. The lowest BCUT2D eigenvalue weighted by atomic mass is 9.90. The number of nitrogens with one attached hydrogen (secondary N) is 3. The average Bonchev–Trinajstić information content (AvgIpc) is 1.67. The Bertz CT molecular complexity index is 3830. The van der Waals surface area contributed by atoms with Gasteiger partial charge in [0.05, 0.1) is 185 Å². The molecule has 9 heterocycles. The summed E-state index contributed by atoms with van der Waals surface area (Å²) in [4.78, 5) is 63.6. The van der Waals surface area contributed by atoms with E-state index in [9.17, 15) is 89.8 Å². The van der Waals surface area contributed by atoms with Crippen molar-refractivity contribution in [3.63, 3.8) is 0 Å². The van der Waals surface area contributed by atoms with E-state index in [0.29, 0.717) is 87.2 Å². The average molecular weight is 1920 g/mol. The summed E-state index contributed by atoms with van der Waals surface area (Å²) in [5.41, 5.74) is 2.11. The fourth-order valence-corrected chi connectivity index (χ4v) is 16.8. The van der Waals surface area contributed by atoms with Gasteiger partial charge in [-0.25, -0.2) is 27.9 Å². The van der Waals surface area contributed by atoms with Crippen molar-refractivity contribution in [3.05, 3.63) is 47.6 Å². The van der Waals surface area contributed by atoms with E-state index in [1.807, 2.05) is 4.90 Å². The molecule has 2 unspecified atom stereocenters. The van der Waals surface area contributed by atoms with Crippen molar-refractivity contribution in [1.29, 1.82) is 0 Å². The molecule has 0 saturated carbocycles. The number of ether oxygens (including phenoxy) is 12. The Labute approximate surface area is 757 Å². The van der Waals surface area contributed by atoms with Crippen molar-refractivity contribution in [1.82, 2.24) is 85.7 Å². The molecule has 5 fully saturated rings. The van der Waals surface area contributed by atoms with Gasteiger partial charge in [-0.1, -0.05) is 54.0 Å². The molecule has 0 spiro atoms. The zero-order valence-corrected chi connectivity index (χ0v) is 76.2. The highest BCUT2D eigenvalue weighted by molar-refractivity contribution is 7.47. The van der Waals surface area contributed by atoms with Gasteiger partial charge in [-0.05, 0) is 45.1 Å². The molecule has 0 aromatic carbocycles. The van der Waals surface area contributed by atoms with Gasteiger partial charge in [-0.15, -0.1) is 20.4 Å². The van der Waals surface area contributed by atoms with E-state index in [2.05, 4.69) is 66.6 Å². The predicted octanol–water partition coefficient (Wildman–Crippen LogP) is -6.00. The van der Waals surface area contributed by atoms with Crippen LogP contribution in [0.25, 0.3) is 0 Å². The monoisotopic (exact) mass is 1920 g/mol. The minimum absolute atomic E-state index is 0.0394.